The summed E-state index contributed by atoms with van der Waals surface area (Å²) in [7, 11) is 0. The van der Waals surface area contributed by atoms with Gasteiger partial charge in [0, 0.05) is 26.8 Å². The molecule has 2 rings (SSSR count). The van der Waals surface area contributed by atoms with Gasteiger partial charge in [-0.2, -0.15) is 0 Å². The molecule has 0 aliphatic heterocycles. The number of rotatable bonds is 2. The average molecular weight is 700 g/mol. The maximum atomic E-state index is 12.3. The van der Waals surface area contributed by atoms with Crippen LogP contribution in [0.5, 0.6) is 0 Å². The van der Waals surface area contributed by atoms with Crippen molar-refractivity contribution in [3.05, 3.63) is 62.2 Å². The van der Waals surface area contributed by atoms with Gasteiger partial charge in [-0.3, -0.25) is 0 Å². The predicted molar refractivity (Wildman–Crippen MR) is 109 cm³/mol. The number of hydrogen-bond acceptors (Lipinski definition) is 3. The first-order chi connectivity index (χ1) is 10.7. The van der Waals surface area contributed by atoms with Gasteiger partial charge in [0.15, 0.2) is 0 Å². The third kappa shape index (κ3) is 4.76. The Morgan fingerprint density at radius 1 is 0.609 bits per heavy atom. The molecule has 0 bridgehead atoms. The molecule has 23 heavy (non-hydrogen) atoms. The lowest BCUT2D eigenvalue weighted by Gasteiger charge is -2.10. The molecule has 0 aromatic heterocycles. The van der Waals surface area contributed by atoms with Crippen LogP contribution in [0.2, 0.25) is 0 Å². The van der Waals surface area contributed by atoms with Gasteiger partial charge in [0.25, 0.3) is 0 Å². The van der Waals surface area contributed by atoms with Crippen LogP contribution in [0.4, 0.5) is 0 Å². The fourth-order valence-corrected chi connectivity index (χ4v) is 6.83. The van der Waals surface area contributed by atoms with Crippen LogP contribution in [0.3, 0.4) is 0 Å². The zero-order chi connectivity index (χ0) is 17.3. The Bertz CT molecular complexity index is 705. The van der Waals surface area contributed by atoms with Gasteiger partial charge in [-0.25, -0.2) is 9.59 Å². The van der Waals surface area contributed by atoms with E-state index in [2.05, 4.69) is 95.6 Å². The molecule has 0 spiro atoms. The topological polar surface area (TPSA) is 43.4 Å². The first-order valence-electron chi connectivity index (χ1n) is 5.76. The van der Waals surface area contributed by atoms with Crippen molar-refractivity contribution in [3.8, 4) is 0 Å². The van der Waals surface area contributed by atoms with Crippen molar-refractivity contribution in [1.82, 2.24) is 0 Å². The van der Waals surface area contributed by atoms with Crippen LogP contribution in [0, 0.1) is 0 Å². The summed E-state index contributed by atoms with van der Waals surface area (Å²) in [5, 5.41) is 0. The Hall–Kier alpha value is 0.460. The molecule has 0 saturated carbocycles. The fraction of sp³-hybridized carbons (Fsp3) is 0. The largest absolute Gasteiger partial charge is 0.386 e. The van der Waals surface area contributed by atoms with Gasteiger partial charge in [0.05, 0.1) is 11.1 Å². The van der Waals surface area contributed by atoms with Crippen LogP contribution >= 0.6 is 95.6 Å². The summed E-state index contributed by atoms with van der Waals surface area (Å²) < 4.78 is 8.57. The van der Waals surface area contributed by atoms with E-state index in [0.717, 1.165) is 8.95 Å². The standard InChI is InChI=1S/C14H4Br6O3/c15-5-1-7(17)11(8(18)2-5)13(21)23-14(22)12-9(19)3-6(16)4-10(12)20/h1-4H. The maximum Gasteiger partial charge on any atom is 0.348 e. The van der Waals surface area contributed by atoms with E-state index in [1.807, 2.05) is 0 Å². The van der Waals surface area contributed by atoms with E-state index >= 15 is 0 Å². The minimum Gasteiger partial charge on any atom is -0.386 e. The summed E-state index contributed by atoms with van der Waals surface area (Å²) in [6, 6.07) is 6.77. The SMILES string of the molecule is O=C(OC(=O)c1c(Br)cc(Br)cc1Br)c1c(Br)cc(Br)cc1Br. The Kier molecular flexibility index (Phi) is 7.07. The van der Waals surface area contributed by atoms with Crippen molar-refractivity contribution in [1.29, 1.82) is 0 Å². The van der Waals surface area contributed by atoms with E-state index in [0.29, 0.717) is 17.9 Å². The van der Waals surface area contributed by atoms with E-state index in [4.69, 9.17) is 4.74 Å². The molecule has 0 amide bonds. The zero-order valence-corrected chi connectivity index (χ0v) is 20.3. The van der Waals surface area contributed by atoms with E-state index in [-0.39, 0.29) is 11.1 Å². The van der Waals surface area contributed by atoms with E-state index in [1.165, 1.54) is 0 Å². The molecule has 0 saturated heterocycles. The second-order valence-electron chi connectivity index (χ2n) is 4.17. The van der Waals surface area contributed by atoms with Crippen LogP contribution in [-0.4, -0.2) is 11.9 Å². The quantitative estimate of drug-likeness (QED) is 0.245. The number of esters is 2. The normalized spacial score (nSPS) is 10.5. The molecular formula is C14H4Br6O3. The number of carbonyl (C=O) groups excluding carboxylic acids is 2. The third-order valence-corrected chi connectivity index (χ3v) is 6.02. The molecule has 2 aromatic carbocycles. The molecule has 0 unspecified atom stereocenters. The van der Waals surface area contributed by atoms with Crippen molar-refractivity contribution in [2.75, 3.05) is 0 Å². The maximum absolute atomic E-state index is 12.3. The third-order valence-electron chi connectivity index (χ3n) is 2.61. The van der Waals surface area contributed by atoms with Crippen LogP contribution < -0.4 is 0 Å². The highest BCUT2D eigenvalue weighted by Gasteiger charge is 2.23. The summed E-state index contributed by atoms with van der Waals surface area (Å²) in [5.41, 5.74) is 0.455. The van der Waals surface area contributed by atoms with Gasteiger partial charge in [-0.1, -0.05) is 31.9 Å². The molecule has 0 heterocycles. The first-order valence-corrected chi connectivity index (χ1v) is 10.5. The summed E-state index contributed by atoms with van der Waals surface area (Å²) >= 11 is 19.8. The highest BCUT2D eigenvalue weighted by Crippen LogP contribution is 2.33. The van der Waals surface area contributed by atoms with E-state index in [1.54, 1.807) is 24.3 Å². The van der Waals surface area contributed by atoms with Gasteiger partial charge in [-0.15, -0.1) is 0 Å². The molecule has 0 atom stereocenters. The van der Waals surface area contributed by atoms with Gasteiger partial charge in [0.2, 0.25) is 0 Å². The van der Waals surface area contributed by atoms with Crippen molar-refractivity contribution in [3.63, 3.8) is 0 Å². The lowest BCUT2D eigenvalue weighted by atomic mass is 10.2. The van der Waals surface area contributed by atoms with Gasteiger partial charge >= 0.3 is 11.9 Å². The van der Waals surface area contributed by atoms with Crippen molar-refractivity contribution < 1.29 is 14.3 Å². The summed E-state index contributed by atoms with van der Waals surface area (Å²) in [4.78, 5) is 24.6. The predicted octanol–water partition coefficient (Wildman–Crippen LogP) is 7.26. The van der Waals surface area contributed by atoms with Crippen LogP contribution in [0.15, 0.2) is 51.1 Å². The van der Waals surface area contributed by atoms with Crippen LogP contribution in [0.1, 0.15) is 20.7 Å². The van der Waals surface area contributed by atoms with Crippen molar-refractivity contribution in [2.24, 2.45) is 0 Å². The van der Waals surface area contributed by atoms with E-state index in [9.17, 15) is 9.59 Å². The van der Waals surface area contributed by atoms with Gasteiger partial charge < -0.3 is 4.74 Å². The molecule has 2 aromatic rings. The lowest BCUT2D eigenvalue weighted by molar-refractivity contribution is 0.0395. The monoisotopic (exact) mass is 694 g/mol. The summed E-state index contributed by atoms with van der Waals surface area (Å²) in [6.45, 7) is 0. The Morgan fingerprint density at radius 3 is 1.13 bits per heavy atom. The number of ether oxygens (including phenoxy) is 1. The minimum absolute atomic E-state index is 0.228. The molecular weight excluding hydrogens is 696 g/mol. The second kappa shape index (κ2) is 8.23. The highest BCUT2D eigenvalue weighted by atomic mass is 79.9. The number of carbonyl (C=O) groups is 2. The van der Waals surface area contributed by atoms with Crippen molar-refractivity contribution >= 4 is 108 Å². The Balaban J connectivity index is 2.33. The molecule has 120 valence electrons. The lowest BCUT2D eigenvalue weighted by Crippen LogP contribution is -2.15. The summed E-state index contributed by atoms with van der Waals surface area (Å²) in [5.74, 6) is -1.52. The van der Waals surface area contributed by atoms with Crippen LogP contribution in [-0.2, 0) is 4.74 Å². The van der Waals surface area contributed by atoms with E-state index < -0.39 is 11.9 Å². The minimum atomic E-state index is -0.761. The molecule has 3 nitrogen and oxygen atoms in total. The highest BCUT2D eigenvalue weighted by molar-refractivity contribution is 9.12. The number of hydrogen-bond donors (Lipinski definition) is 0. The molecule has 0 aliphatic carbocycles. The fourth-order valence-electron chi connectivity index (χ4n) is 1.66. The summed E-state index contributed by atoms with van der Waals surface area (Å²) in [6.07, 6.45) is 0. The average Bonchev–Trinajstić information content (AvgIpc) is 2.35. The first kappa shape index (κ1) is 19.8. The molecule has 0 aliphatic rings. The van der Waals surface area contributed by atoms with Gasteiger partial charge in [-0.05, 0) is 88.0 Å². The molecule has 9 heteroatoms. The molecule has 0 fully saturated rings. The van der Waals surface area contributed by atoms with Crippen LogP contribution in [0.25, 0.3) is 0 Å². The smallest absolute Gasteiger partial charge is 0.348 e. The Morgan fingerprint density at radius 2 is 0.870 bits per heavy atom. The Labute approximate surface area is 182 Å². The molecule has 0 radical (unpaired) electrons. The number of benzene rings is 2. The molecule has 0 N–H and O–H groups in total. The zero-order valence-electron chi connectivity index (χ0n) is 10.8. The van der Waals surface area contributed by atoms with Crippen molar-refractivity contribution in [2.45, 2.75) is 0 Å². The van der Waals surface area contributed by atoms with Gasteiger partial charge in [0.1, 0.15) is 0 Å². The second-order valence-corrected chi connectivity index (χ2v) is 9.41. The number of halogens is 6.